The van der Waals surface area contributed by atoms with Gasteiger partial charge in [-0.05, 0) is 56.6 Å². The van der Waals surface area contributed by atoms with Crippen molar-refractivity contribution in [1.29, 1.82) is 0 Å². The second-order valence-electron chi connectivity index (χ2n) is 7.98. The Kier molecular flexibility index (Phi) is 6.25. The molecule has 1 aliphatic heterocycles. The van der Waals surface area contributed by atoms with Crippen LogP contribution in [0, 0.1) is 6.92 Å². The molecule has 7 heteroatoms. The van der Waals surface area contributed by atoms with Gasteiger partial charge in [0.1, 0.15) is 11.6 Å². The maximum absolute atomic E-state index is 6.02. The molecule has 0 saturated carbocycles. The lowest BCUT2D eigenvalue weighted by Gasteiger charge is -2.31. The highest BCUT2D eigenvalue weighted by atomic mass is 16.5. The number of imidazole rings is 1. The second kappa shape index (κ2) is 9.08. The fourth-order valence-electron chi connectivity index (χ4n) is 4.30. The Hall–Kier alpha value is -2.90. The van der Waals surface area contributed by atoms with Gasteiger partial charge in [0.25, 0.3) is 0 Å². The molecule has 0 aliphatic carbocycles. The predicted molar refractivity (Wildman–Crippen MR) is 127 cm³/mol. The molecule has 5 rings (SSSR count). The van der Waals surface area contributed by atoms with E-state index in [1.807, 2.05) is 26.8 Å². The van der Waals surface area contributed by atoms with Crippen LogP contribution in [0.3, 0.4) is 0 Å². The lowest BCUT2D eigenvalue weighted by molar-refractivity contribution is 0.0407. The number of pyridine rings is 1. The van der Waals surface area contributed by atoms with Crippen molar-refractivity contribution in [2.24, 2.45) is 0 Å². The summed E-state index contributed by atoms with van der Waals surface area (Å²) in [5, 5.41) is 1.19. The van der Waals surface area contributed by atoms with E-state index in [-0.39, 0.29) is 0 Å². The van der Waals surface area contributed by atoms with Crippen molar-refractivity contribution in [3.8, 4) is 11.3 Å². The normalized spacial score (nSPS) is 14.9. The van der Waals surface area contributed by atoms with Crippen LogP contribution in [0.5, 0.6) is 0 Å². The van der Waals surface area contributed by atoms with Crippen LogP contribution in [0.1, 0.15) is 38.1 Å². The maximum Gasteiger partial charge on any atom is 0.180 e. The molecule has 3 aromatic heterocycles. The van der Waals surface area contributed by atoms with Crippen LogP contribution in [-0.4, -0.2) is 51.1 Å². The van der Waals surface area contributed by atoms with Crippen LogP contribution in [0.4, 0.5) is 5.82 Å². The molecule has 0 amide bonds. The van der Waals surface area contributed by atoms with Gasteiger partial charge in [-0.2, -0.15) is 0 Å². The summed E-state index contributed by atoms with van der Waals surface area (Å²) < 4.78 is 5.49. The number of benzene rings is 1. The number of nitrogen functional groups attached to an aromatic ring is 1. The first kappa shape index (κ1) is 21.3. The zero-order chi connectivity index (χ0) is 22.0. The number of fused-ring (bicyclic) bond motifs is 2. The third-order valence-corrected chi connectivity index (χ3v) is 5.82. The van der Waals surface area contributed by atoms with E-state index >= 15 is 0 Å². The van der Waals surface area contributed by atoms with E-state index < -0.39 is 0 Å². The summed E-state index contributed by atoms with van der Waals surface area (Å²) in [7, 11) is 2.21. The number of hydrogen-bond donors (Lipinski definition) is 3. The molecule has 1 saturated heterocycles. The summed E-state index contributed by atoms with van der Waals surface area (Å²) in [6, 6.07) is 11.3. The fraction of sp³-hybridized carbons (Fsp3) is 0.417. The molecule has 31 heavy (non-hydrogen) atoms. The third kappa shape index (κ3) is 4.43. The van der Waals surface area contributed by atoms with Gasteiger partial charge in [-0.25, -0.2) is 9.97 Å². The van der Waals surface area contributed by atoms with E-state index in [4.69, 9.17) is 10.5 Å². The molecule has 7 nitrogen and oxygen atoms in total. The SMILES string of the molecule is CC.Cc1nc2nc(N)cc(-c3cc4cc(CN(C)C5CCOCC5)ccc4[nH]3)c2[nH]1. The Morgan fingerprint density at radius 2 is 1.87 bits per heavy atom. The van der Waals surface area contributed by atoms with Gasteiger partial charge in [0.15, 0.2) is 5.65 Å². The van der Waals surface area contributed by atoms with E-state index in [1.54, 1.807) is 0 Å². The molecule has 1 aromatic carbocycles. The average Bonchev–Trinajstić information content (AvgIpc) is 3.37. The molecular formula is C24H32N6O. The van der Waals surface area contributed by atoms with Crippen molar-refractivity contribution < 1.29 is 4.74 Å². The van der Waals surface area contributed by atoms with E-state index in [0.29, 0.717) is 17.5 Å². The van der Waals surface area contributed by atoms with Crippen molar-refractivity contribution in [2.45, 2.75) is 46.2 Å². The predicted octanol–water partition coefficient (Wildman–Crippen LogP) is 4.63. The van der Waals surface area contributed by atoms with E-state index in [1.165, 1.54) is 10.9 Å². The standard InChI is InChI=1S/C22H26N6O.C2H6/c1-13-24-21-17(11-20(23)27-22(21)25-13)19-10-15-9-14(3-4-18(15)26-19)12-28(2)16-5-7-29-8-6-16;1-2/h3-4,9-11,16,26H,5-8,12H2,1-2H3,(H3,23,24,25,27);1-2H3. The van der Waals surface area contributed by atoms with Gasteiger partial charge in [0, 0.05) is 48.0 Å². The molecule has 0 atom stereocenters. The largest absolute Gasteiger partial charge is 0.384 e. The lowest BCUT2D eigenvalue weighted by Crippen LogP contribution is -2.36. The lowest BCUT2D eigenvalue weighted by atomic mass is 10.1. The first-order valence-corrected chi connectivity index (χ1v) is 11.1. The van der Waals surface area contributed by atoms with Gasteiger partial charge in [0.2, 0.25) is 0 Å². The van der Waals surface area contributed by atoms with Crippen molar-refractivity contribution in [1.82, 2.24) is 24.8 Å². The summed E-state index contributed by atoms with van der Waals surface area (Å²) in [5.41, 5.74) is 12.0. The molecule has 164 valence electrons. The van der Waals surface area contributed by atoms with Gasteiger partial charge in [-0.1, -0.05) is 19.9 Å². The summed E-state index contributed by atoms with van der Waals surface area (Å²) in [6.45, 7) is 8.60. The number of aromatic amines is 2. The number of nitrogens with zero attached hydrogens (tertiary/aromatic N) is 3. The Morgan fingerprint density at radius 3 is 2.65 bits per heavy atom. The van der Waals surface area contributed by atoms with Crippen LogP contribution in [0.25, 0.3) is 33.3 Å². The molecule has 4 N–H and O–H groups in total. The minimum atomic E-state index is 0.469. The van der Waals surface area contributed by atoms with E-state index in [2.05, 4.69) is 56.1 Å². The molecule has 4 heterocycles. The second-order valence-corrected chi connectivity index (χ2v) is 7.98. The monoisotopic (exact) mass is 420 g/mol. The number of anilines is 1. The van der Waals surface area contributed by atoms with Crippen LogP contribution < -0.4 is 5.73 Å². The number of aromatic nitrogens is 4. The highest BCUT2D eigenvalue weighted by molar-refractivity contribution is 5.95. The van der Waals surface area contributed by atoms with Crippen molar-refractivity contribution >= 4 is 27.9 Å². The topological polar surface area (TPSA) is 95.8 Å². The van der Waals surface area contributed by atoms with Gasteiger partial charge < -0.3 is 20.4 Å². The van der Waals surface area contributed by atoms with Crippen LogP contribution >= 0.6 is 0 Å². The van der Waals surface area contributed by atoms with Crippen LogP contribution in [-0.2, 0) is 11.3 Å². The molecule has 0 unspecified atom stereocenters. The van der Waals surface area contributed by atoms with Gasteiger partial charge in [0.05, 0.1) is 5.52 Å². The van der Waals surface area contributed by atoms with Crippen molar-refractivity contribution in [3.63, 3.8) is 0 Å². The Morgan fingerprint density at radius 1 is 1.10 bits per heavy atom. The van der Waals surface area contributed by atoms with Gasteiger partial charge in [-0.3, -0.25) is 4.90 Å². The zero-order valence-corrected chi connectivity index (χ0v) is 18.8. The first-order chi connectivity index (χ1) is 15.1. The molecule has 0 bridgehead atoms. The summed E-state index contributed by atoms with van der Waals surface area (Å²) in [5.74, 6) is 1.30. The first-order valence-electron chi connectivity index (χ1n) is 11.1. The zero-order valence-electron chi connectivity index (χ0n) is 18.8. The number of nitrogens with two attached hydrogens (primary N) is 1. The van der Waals surface area contributed by atoms with Crippen LogP contribution in [0.15, 0.2) is 30.3 Å². The fourth-order valence-corrected chi connectivity index (χ4v) is 4.30. The highest BCUT2D eigenvalue weighted by Crippen LogP contribution is 2.31. The summed E-state index contributed by atoms with van der Waals surface area (Å²) >= 11 is 0. The minimum absolute atomic E-state index is 0.469. The number of H-pyrrole nitrogens is 2. The molecule has 0 radical (unpaired) electrons. The minimum Gasteiger partial charge on any atom is -0.384 e. The Bertz CT molecular complexity index is 1170. The molecule has 1 fully saturated rings. The van der Waals surface area contributed by atoms with Crippen molar-refractivity contribution in [2.75, 3.05) is 26.0 Å². The highest BCUT2D eigenvalue weighted by Gasteiger charge is 2.19. The number of ether oxygens (including phenoxy) is 1. The smallest absolute Gasteiger partial charge is 0.180 e. The summed E-state index contributed by atoms with van der Waals surface area (Å²) in [4.78, 5) is 18.0. The molecule has 1 aliphatic rings. The molecule has 4 aromatic rings. The molecular weight excluding hydrogens is 388 g/mol. The average molecular weight is 421 g/mol. The number of nitrogens with one attached hydrogen (secondary N) is 2. The third-order valence-electron chi connectivity index (χ3n) is 5.82. The quantitative estimate of drug-likeness (QED) is 0.447. The maximum atomic E-state index is 6.02. The Balaban J connectivity index is 0.00000112. The Labute approximate surface area is 183 Å². The van der Waals surface area contributed by atoms with Crippen LogP contribution in [0.2, 0.25) is 0 Å². The van der Waals surface area contributed by atoms with E-state index in [9.17, 15) is 0 Å². The summed E-state index contributed by atoms with van der Waals surface area (Å²) in [6.07, 6.45) is 2.21. The molecule has 0 spiro atoms. The van der Waals surface area contributed by atoms with E-state index in [0.717, 1.165) is 60.7 Å². The van der Waals surface area contributed by atoms with Crippen molar-refractivity contribution in [3.05, 3.63) is 41.7 Å². The van der Waals surface area contributed by atoms with Gasteiger partial charge >= 0.3 is 0 Å². The number of rotatable bonds is 4. The number of aryl methyl sites for hydroxylation is 1. The van der Waals surface area contributed by atoms with Gasteiger partial charge in [-0.15, -0.1) is 0 Å². The number of hydrogen-bond acceptors (Lipinski definition) is 5.